The van der Waals surface area contributed by atoms with Crippen molar-refractivity contribution in [2.24, 2.45) is 4.40 Å². The van der Waals surface area contributed by atoms with Gasteiger partial charge in [0, 0.05) is 7.05 Å². The predicted octanol–water partition coefficient (Wildman–Crippen LogP) is 0.330. The fraction of sp³-hybridized carbons (Fsp3) is 0.222. The summed E-state index contributed by atoms with van der Waals surface area (Å²) < 4.78 is 28.7. The topological polar surface area (TPSA) is 99.9 Å². The number of aromatic nitrogens is 1. The van der Waals surface area contributed by atoms with Crippen LogP contribution in [-0.2, 0) is 15.0 Å². The molecule has 0 spiro atoms. The van der Waals surface area contributed by atoms with E-state index in [0.717, 1.165) is 4.31 Å². The van der Waals surface area contributed by atoms with Gasteiger partial charge in [-0.05, 0) is 22.0 Å². The Balaban J connectivity index is 2.55. The zero-order valence-corrected chi connectivity index (χ0v) is 12.8. The lowest BCUT2D eigenvalue weighted by Crippen LogP contribution is -2.34. The molecule has 1 aromatic heterocycles. The number of ketones is 1. The lowest BCUT2D eigenvalue weighted by atomic mass is 10.2. The van der Waals surface area contributed by atoms with Gasteiger partial charge in [0.1, 0.15) is 23.0 Å². The van der Waals surface area contributed by atoms with E-state index >= 15 is 0 Å². The molecular weight excluding hydrogens is 358 g/mol. The van der Waals surface area contributed by atoms with Crippen molar-refractivity contribution in [2.75, 3.05) is 13.7 Å². The summed E-state index contributed by atoms with van der Waals surface area (Å²) in [6.07, 6.45) is 2.81. The van der Waals surface area contributed by atoms with Gasteiger partial charge in [0.15, 0.2) is 0 Å². The van der Waals surface area contributed by atoms with Crippen molar-refractivity contribution < 1.29 is 18.3 Å². The first-order chi connectivity index (χ1) is 8.85. The Morgan fingerprint density at radius 3 is 2.79 bits per heavy atom. The molecule has 10 heteroatoms. The van der Waals surface area contributed by atoms with Crippen LogP contribution in [-0.4, -0.2) is 48.0 Å². The Kier molecular flexibility index (Phi) is 3.85. The van der Waals surface area contributed by atoms with Crippen molar-refractivity contribution in [3.8, 4) is 0 Å². The molecule has 102 valence electrons. The van der Waals surface area contributed by atoms with Crippen LogP contribution in [0.2, 0.25) is 0 Å². The van der Waals surface area contributed by atoms with Gasteiger partial charge in [0.2, 0.25) is 5.78 Å². The smallest absolute Gasteiger partial charge is 0.345 e. The lowest BCUT2D eigenvalue weighted by molar-refractivity contribution is -0.119. The number of carbonyl (C=O) groups is 1. The first-order valence-corrected chi connectivity index (χ1v) is 7.92. The molecule has 0 bridgehead atoms. The number of thiazole rings is 1. The maximum absolute atomic E-state index is 11.8. The van der Waals surface area contributed by atoms with Crippen molar-refractivity contribution in [1.82, 2.24) is 9.29 Å². The van der Waals surface area contributed by atoms with Crippen LogP contribution in [0.25, 0.3) is 0 Å². The van der Waals surface area contributed by atoms with Crippen LogP contribution in [0.3, 0.4) is 0 Å². The van der Waals surface area contributed by atoms with Crippen LogP contribution < -0.4 is 0 Å². The maximum atomic E-state index is 11.8. The molecule has 0 fully saturated rings. The van der Waals surface area contributed by atoms with Crippen LogP contribution in [0.5, 0.6) is 0 Å². The highest BCUT2D eigenvalue weighted by atomic mass is 79.9. The third kappa shape index (κ3) is 2.76. The lowest BCUT2D eigenvalue weighted by Gasteiger charge is -2.22. The minimum atomic E-state index is -3.98. The Hall–Kier alpha value is -1.10. The average Bonchev–Trinajstić information content (AvgIpc) is 2.78. The van der Waals surface area contributed by atoms with Crippen molar-refractivity contribution in [3.63, 3.8) is 0 Å². The third-order valence-electron chi connectivity index (χ3n) is 2.30. The second-order valence-corrected chi connectivity index (χ2v) is 7.54. The number of allylic oxidation sites excluding steroid dienone is 1. The number of hydrogen-bond donors (Lipinski definition) is 1. The number of likely N-dealkylation sites (N-methyl/N-ethyl adjacent to an activating group) is 1. The minimum Gasteiger partial charge on any atom is -0.388 e. The highest BCUT2D eigenvalue weighted by molar-refractivity contribution is 9.11. The summed E-state index contributed by atoms with van der Waals surface area (Å²) in [4.78, 5) is 15.5. The van der Waals surface area contributed by atoms with Gasteiger partial charge in [0.25, 0.3) is 0 Å². The van der Waals surface area contributed by atoms with E-state index in [1.54, 1.807) is 0 Å². The number of hydrogen-bond acceptors (Lipinski definition) is 6. The predicted molar refractivity (Wildman–Crippen MR) is 73.2 cm³/mol. The number of Topliss-reactive ketones (excluding diaryl/α,β-unsaturated/α-hetero) is 1. The van der Waals surface area contributed by atoms with Crippen LogP contribution >= 0.6 is 27.3 Å². The van der Waals surface area contributed by atoms with Gasteiger partial charge in [-0.3, -0.25) is 9.10 Å². The fourth-order valence-corrected chi connectivity index (χ4v) is 3.51. The van der Waals surface area contributed by atoms with Crippen molar-refractivity contribution in [1.29, 1.82) is 0 Å². The van der Waals surface area contributed by atoms with Gasteiger partial charge in [0.05, 0.1) is 9.98 Å². The molecular formula is C9H8BrN3O4S2. The van der Waals surface area contributed by atoms with Gasteiger partial charge in [-0.2, -0.15) is 8.42 Å². The Morgan fingerprint density at radius 1 is 1.58 bits per heavy atom. The van der Waals surface area contributed by atoms with Crippen LogP contribution in [0.15, 0.2) is 26.2 Å². The molecule has 0 radical (unpaired) electrons. The zero-order chi connectivity index (χ0) is 14.2. The van der Waals surface area contributed by atoms with Crippen LogP contribution in [0.4, 0.5) is 0 Å². The molecule has 0 saturated carbocycles. The van der Waals surface area contributed by atoms with Crippen LogP contribution in [0.1, 0.15) is 5.01 Å². The van der Waals surface area contributed by atoms with Crippen molar-refractivity contribution in [3.05, 3.63) is 26.8 Å². The summed E-state index contributed by atoms with van der Waals surface area (Å²) in [7, 11) is -2.78. The molecule has 2 heterocycles. The first-order valence-electron chi connectivity index (χ1n) is 4.91. The largest absolute Gasteiger partial charge is 0.388 e. The highest BCUT2D eigenvalue weighted by Gasteiger charge is 2.30. The summed E-state index contributed by atoms with van der Waals surface area (Å²) in [5.41, 5.74) is -0.0653. The van der Waals surface area contributed by atoms with Gasteiger partial charge >= 0.3 is 10.2 Å². The second-order valence-electron chi connectivity index (χ2n) is 3.50. The van der Waals surface area contributed by atoms with Gasteiger partial charge < -0.3 is 5.11 Å². The van der Waals surface area contributed by atoms with Crippen LogP contribution in [0, 0.1) is 0 Å². The molecule has 0 atom stereocenters. The second kappa shape index (κ2) is 5.12. The molecule has 19 heavy (non-hydrogen) atoms. The standard InChI is InChI=1S/C9H8BrN3O4S2/c1-13-6(7(15)4-14)2-5(12-19(13,16)17)9-11-3-8(10)18-9/h2-3,14H,4H2,1H3. The molecule has 1 aromatic rings. The quantitative estimate of drug-likeness (QED) is 0.831. The number of carbonyl (C=O) groups excluding carboxylic acids is 1. The van der Waals surface area contributed by atoms with E-state index in [9.17, 15) is 13.2 Å². The molecule has 1 N–H and O–H groups in total. The monoisotopic (exact) mass is 365 g/mol. The molecule has 0 amide bonds. The Labute approximate surface area is 121 Å². The molecule has 0 aromatic carbocycles. The fourth-order valence-electron chi connectivity index (χ4n) is 1.37. The normalized spacial score (nSPS) is 17.9. The van der Waals surface area contributed by atoms with E-state index in [-0.39, 0.29) is 11.4 Å². The summed E-state index contributed by atoms with van der Waals surface area (Å²) in [6.45, 7) is -0.777. The van der Waals surface area contributed by atoms with E-state index < -0.39 is 22.6 Å². The van der Waals surface area contributed by atoms with Gasteiger partial charge in [-0.15, -0.1) is 15.7 Å². The Morgan fingerprint density at radius 2 is 2.26 bits per heavy atom. The number of aliphatic hydroxyl groups excluding tert-OH is 1. The van der Waals surface area contributed by atoms with Gasteiger partial charge in [-0.25, -0.2) is 4.98 Å². The third-order valence-corrected chi connectivity index (χ3v) is 5.11. The molecule has 2 rings (SSSR count). The SMILES string of the molecule is CN1C(C(=O)CO)=CC(c2ncc(Br)s2)=NS1(=O)=O. The first kappa shape index (κ1) is 14.3. The molecule has 0 aliphatic carbocycles. The number of halogens is 1. The highest BCUT2D eigenvalue weighted by Crippen LogP contribution is 2.24. The van der Waals surface area contributed by atoms with Crippen molar-refractivity contribution in [2.45, 2.75) is 0 Å². The zero-order valence-electron chi connectivity index (χ0n) is 9.57. The summed E-state index contributed by atoms with van der Waals surface area (Å²) in [6, 6.07) is 0. The van der Waals surface area contributed by atoms with E-state index in [1.165, 1.54) is 30.7 Å². The average molecular weight is 366 g/mol. The summed E-state index contributed by atoms with van der Waals surface area (Å²) in [5, 5.41) is 9.23. The van der Waals surface area contributed by atoms with Gasteiger partial charge in [-0.1, -0.05) is 0 Å². The number of aliphatic hydroxyl groups is 1. The minimum absolute atomic E-state index is 0.0746. The van der Waals surface area contributed by atoms with E-state index in [2.05, 4.69) is 25.3 Å². The van der Waals surface area contributed by atoms with Crippen molar-refractivity contribution >= 4 is 49.0 Å². The van der Waals surface area contributed by atoms with E-state index in [0.29, 0.717) is 8.79 Å². The number of nitrogens with zero attached hydrogens (tertiary/aromatic N) is 3. The summed E-state index contributed by atoms with van der Waals surface area (Å²) >= 11 is 4.40. The molecule has 0 saturated heterocycles. The van der Waals surface area contributed by atoms with E-state index in [1.807, 2.05) is 0 Å². The molecule has 1 aliphatic heterocycles. The molecule has 7 nitrogen and oxygen atoms in total. The number of rotatable bonds is 3. The molecule has 0 unspecified atom stereocenters. The van der Waals surface area contributed by atoms with E-state index in [4.69, 9.17) is 5.11 Å². The summed E-state index contributed by atoms with van der Waals surface area (Å²) in [5.74, 6) is -0.700. The maximum Gasteiger partial charge on any atom is 0.345 e. The Bertz CT molecular complexity index is 692. The molecule has 1 aliphatic rings.